The predicted molar refractivity (Wildman–Crippen MR) is 105 cm³/mol. The molecule has 0 bridgehead atoms. The first-order chi connectivity index (χ1) is 13.0. The molecule has 1 amide bonds. The quantitative estimate of drug-likeness (QED) is 0.512. The number of carbonyl (C=O) groups is 1. The summed E-state index contributed by atoms with van der Waals surface area (Å²) in [5.74, 6) is -1.73. The number of fused-ring (bicyclic) bond motifs is 1. The van der Waals surface area contributed by atoms with E-state index in [4.69, 9.17) is 4.74 Å². The number of thioether (sulfide) groups is 2. The van der Waals surface area contributed by atoms with Gasteiger partial charge in [-0.3, -0.25) is 4.79 Å². The second kappa shape index (κ2) is 9.09. The molecule has 0 unspecified atom stereocenters. The maximum Gasteiger partial charge on any atom is 0.288 e. The van der Waals surface area contributed by atoms with E-state index >= 15 is 0 Å². The highest BCUT2D eigenvalue weighted by molar-refractivity contribution is 8.00. The second-order valence-electron chi connectivity index (χ2n) is 5.39. The molecule has 2 aromatic carbocycles. The van der Waals surface area contributed by atoms with Gasteiger partial charge in [-0.15, -0.1) is 0 Å². The molecule has 0 radical (unpaired) electrons. The Labute approximate surface area is 163 Å². The van der Waals surface area contributed by atoms with Gasteiger partial charge < -0.3 is 15.0 Å². The van der Waals surface area contributed by atoms with Crippen molar-refractivity contribution < 1.29 is 18.3 Å². The van der Waals surface area contributed by atoms with Crippen LogP contribution < -0.4 is 10.1 Å². The molecule has 0 aliphatic rings. The number of carbonyl (C=O) groups excluding carboxylic acids is 1. The Bertz CT molecular complexity index is 917. The van der Waals surface area contributed by atoms with Crippen LogP contribution in [0.1, 0.15) is 6.92 Å². The first-order valence-electron chi connectivity index (χ1n) is 8.13. The number of benzene rings is 2. The van der Waals surface area contributed by atoms with Crippen molar-refractivity contribution >= 4 is 46.2 Å². The largest absolute Gasteiger partial charge is 0.494 e. The molecule has 0 saturated heterocycles. The Kier molecular flexibility index (Phi) is 6.57. The molecule has 3 rings (SSSR count). The Hall–Kier alpha value is -2.26. The smallest absolute Gasteiger partial charge is 0.288 e. The number of alkyl halides is 2. The molecule has 27 heavy (non-hydrogen) atoms. The average Bonchev–Trinajstić information content (AvgIpc) is 3.04. The highest BCUT2D eigenvalue weighted by Gasteiger charge is 2.09. The van der Waals surface area contributed by atoms with Crippen molar-refractivity contribution in [3.63, 3.8) is 0 Å². The molecule has 2 N–H and O–H groups in total. The lowest BCUT2D eigenvalue weighted by molar-refractivity contribution is -0.113. The number of halogens is 2. The van der Waals surface area contributed by atoms with Gasteiger partial charge in [0, 0.05) is 16.6 Å². The molecule has 1 heterocycles. The van der Waals surface area contributed by atoms with Gasteiger partial charge in [0.1, 0.15) is 5.75 Å². The van der Waals surface area contributed by atoms with Crippen LogP contribution in [0.3, 0.4) is 0 Å². The van der Waals surface area contributed by atoms with Crippen LogP contribution >= 0.6 is 23.5 Å². The van der Waals surface area contributed by atoms with Gasteiger partial charge in [-0.2, -0.15) is 8.78 Å². The van der Waals surface area contributed by atoms with Crippen LogP contribution in [0.2, 0.25) is 0 Å². The molecule has 0 atom stereocenters. The van der Waals surface area contributed by atoms with Crippen LogP contribution in [0.15, 0.2) is 52.5 Å². The number of nitrogens with one attached hydrogen (secondary N) is 2. The van der Waals surface area contributed by atoms with E-state index in [2.05, 4.69) is 15.3 Å². The van der Waals surface area contributed by atoms with Crippen molar-refractivity contribution in [1.29, 1.82) is 0 Å². The minimum absolute atomic E-state index is 0.172. The number of hydrogen-bond donors (Lipinski definition) is 2. The minimum Gasteiger partial charge on any atom is -0.494 e. The van der Waals surface area contributed by atoms with E-state index in [9.17, 15) is 13.6 Å². The van der Waals surface area contributed by atoms with Crippen molar-refractivity contribution in [2.24, 2.45) is 0 Å². The molecule has 0 saturated carbocycles. The van der Waals surface area contributed by atoms with E-state index in [0.717, 1.165) is 16.8 Å². The van der Waals surface area contributed by atoms with Crippen molar-refractivity contribution in [2.45, 2.75) is 22.7 Å². The van der Waals surface area contributed by atoms with Gasteiger partial charge >= 0.3 is 0 Å². The lowest BCUT2D eigenvalue weighted by atomic mass is 10.3. The van der Waals surface area contributed by atoms with Gasteiger partial charge in [0.15, 0.2) is 5.16 Å². The van der Waals surface area contributed by atoms with Gasteiger partial charge in [-0.1, -0.05) is 23.5 Å². The second-order valence-corrected chi connectivity index (χ2v) is 7.42. The fourth-order valence-electron chi connectivity index (χ4n) is 2.34. The number of ether oxygens (including phenoxy) is 1. The molecule has 0 aliphatic heterocycles. The van der Waals surface area contributed by atoms with E-state index < -0.39 is 5.76 Å². The lowest BCUT2D eigenvalue weighted by Gasteiger charge is -2.05. The van der Waals surface area contributed by atoms with Crippen LogP contribution in [-0.2, 0) is 4.79 Å². The maximum atomic E-state index is 12.3. The van der Waals surface area contributed by atoms with E-state index in [1.54, 1.807) is 24.3 Å². The third-order valence-electron chi connectivity index (χ3n) is 3.45. The summed E-state index contributed by atoms with van der Waals surface area (Å²) in [5.41, 5.74) is 2.20. The third kappa shape index (κ3) is 5.61. The Morgan fingerprint density at radius 1 is 1.26 bits per heavy atom. The van der Waals surface area contributed by atoms with Gasteiger partial charge in [0.05, 0.1) is 23.4 Å². The number of rotatable bonds is 8. The van der Waals surface area contributed by atoms with Crippen LogP contribution in [0.5, 0.6) is 5.75 Å². The summed E-state index contributed by atoms with van der Waals surface area (Å²) in [6.45, 7) is 2.51. The number of anilines is 1. The van der Waals surface area contributed by atoms with Gasteiger partial charge in [0.25, 0.3) is 5.76 Å². The molecule has 0 spiro atoms. The minimum atomic E-state index is -2.46. The zero-order valence-corrected chi connectivity index (χ0v) is 16.0. The summed E-state index contributed by atoms with van der Waals surface area (Å²) >= 11 is 1.75. The van der Waals surface area contributed by atoms with Crippen LogP contribution in [-0.4, -0.2) is 34.0 Å². The molecular formula is C18H17F2N3O2S2. The molecule has 1 aromatic heterocycles. The number of aromatic amines is 1. The number of H-pyrrole nitrogens is 1. The summed E-state index contributed by atoms with van der Waals surface area (Å²) in [5, 5.41) is 3.37. The highest BCUT2D eigenvalue weighted by Crippen LogP contribution is 2.26. The highest BCUT2D eigenvalue weighted by atomic mass is 32.2. The van der Waals surface area contributed by atoms with Crippen molar-refractivity contribution in [3.05, 3.63) is 42.5 Å². The van der Waals surface area contributed by atoms with E-state index in [1.165, 1.54) is 11.8 Å². The molecule has 5 nitrogen and oxygen atoms in total. The van der Waals surface area contributed by atoms with E-state index in [1.807, 2.05) is 25.1 Å². The molecule has 142 valence electrons. The number of nitrogens with zero attached hydrogens (tertiary/aromatic N) is 1. The zero-order chi connectivity index (χ0) is 19.2. The zero-order valence-electron chi connectivity index (χ0n) is 14.4. The molecule has 3 aromatic rings. The Morgan fingerprint density at radius 2 is 2.04 bits per heavy atom. The molecule has 0 aliphatic carbocycles. The van der Waals surface area contributed by atoms with E-state index in [0.29, 0.717) is 34.1 Å². The number of aromatic nitrogens is 2. The number of imidazole rings is 1. The Morgan fingerprint density at radius 3 is 2.74 bits per heavy atom. The van der Waals surface area contributed by atoms with Gasteiger partial charge in [-0.25, -0.2) is 4.98 Å². The van der Waals surface area contributed by atoms with Crippen LogP contribution in [0.25, 0.3) is 11.0 Å². The number of hydrogen-bond acceptors (Lipinski definition) is 5. The fourth-order valence-corrected chi connectivity index (χ4v) is 3.52. The Balaban J connectivity index is 1.54. The van der Waals surface area contributed by atoms with Crippen molar-refractivity contribution in [3.8, 4) is 5.75 Å². The van der Waals surface area contributed by atoms with Crippen molar-refractivity contribution in [2.75, 3.05) is 17.7 Å². The first kappa shape index (κ1) is 19.5. The normalized spacial score (nSPS) is 11.1. The summed E-state index contributed by atoms with van der Waals surface area (Å²) in [6, 6.07) is 11.9. The standard InChI is InChI=1S/C18H17F2N3O2S2/c1-2-25-12-5-8-14-15(9-12)23-18(22-14)26-10-16(24)21-11-3-6-13(7-4-11)27-17(19)20/h3-9,17H,2,10H2,1H3,(H,21,24)(H,22,23). The summed E-state index contributed by atoms with van der Waals surface area (Å²) in [7, 11) is 0. The van der Waals surface area contributed by atoms with Gasteiger partial charge in [0.2, 0.25) is 5.91 Å². The predicted octanol–water partition coefficient (Wildman–Crippen LogP) is 5.01. The first-order valence-corrected chi connectivity index (χ1v) is 10.00. The summed E-state index contributed by atoms with van der Waals surface area (Å²) in [6.07, 6.45) is 0. The SMILES string of the molecule is CCOc1ccc2nc(SCC(=O)Nc3ccc(SC(F)F)cc3)[nH]c2c1. The van der Waals surface area contributed by atoms with E-state index in [-0.39, 0.29) is 11.7 Å². The summed E-state index contributed by atoms with van der Waals surface area (Å²) < 4.78 is 30.1. The van der Waals surface area contributed by atoms with Gasteiger partial charge in [-0.05, 0) is 43.3 Å². The lowest BCUT2D eigenvalue weighted by Crippen LogP contribution is -2.14. The third-order valence-corrected chi connectivity index (χ3v) is 5.04. The van der Waals surface area contributed by atoms with Crippen molar-refractivity contribution in [1.82, 2.24) is 9.97 Å². The summed E-state index contributed by atoms with van der Waals surface area (Å²) in [4.78, 5) is 20.1. The molecule has 0 fully saturated rings. The topological polar surface area (TPSA) is 67.0 Å². The fraction of sp³-hybridized carbons (Fsp3) is 0.222. The monoisotopic (exact) mass is 409 g/mol. The molecule has 9 heteroatoms. The van der Waals surface area contributed by atoms with Crippen LogP contribution in [0, 0.1) is 0 Å². The number of amides is 1. The van der Waals surface area contributed by atoms with Crippen LogP contribution in [0.4, 0.5) is 14.5 Å². The maximum absolute atomic E-state index is 12.3. The molecular weight excluding hydrogens is 392 g/mol. The average molecular weight is 409 g/mol.